The van der Waals surface area contributed by atoms with Crippen molar-refractivity contribution in [2.75, 3.05) is 5.73 Å². The molecule has 0 amide bonds. The first-order valence-corrected chi connectivity index (χ1v) is 5.99. The minimum absolute atomic E-state index is 0.413. The van der Waals surface area contributed by atoms with Crippen LogP contribution in [0.2, 0.25) is 15.1 Å². The summed E-state index contributed by atoms with van der Waals surface area (Å²) in [5.74, 6) is 0.413. The van der Waals surface area contributed by atoms with Gasteiger partial charge in [0.25, 0.3) is 0 Å². The average Bonchev–Trinajstić information content (AvgIpc) is 2.27. The molecule has 2 aromatic rings. The third-order valence-corrected chi connectivity index (χ3v) is 3.39. The Morgan fingerprint density at radius 1 is 0.941 bits per heavy atom. The molecule has 88 valence electrons. The van der Waals surface area contributed by atoms with Gasteiger partial charge in [-0.2, -0.15) is 0 Å². The number of hydrogen-bond donors (Lipinski definition) is 1. The topological polar surface area (TPSA) is 38.9 Å². The van der Waals surface area contributed by atoms with Crippen LogP contribution >= 0.6 is 34.8 Å². The summed E-state index contributed by atoms with van der Waals surface area (Å²) in [5, 5.41) is 1.35. The Bertz CT molecular complexity index is 582. The molecule has 0 saturated carbocycles. The third-order valence-electron chi connectivity index (χ3n) is 2.36. The molecule has 2 rings (SSSR count). The number of halogens is 3. The van der Waals surface area contributed by atoms with Gasteiger partial charge in [-0.25, -0.2) is 4.98 Å². The molecule has 1 aromatic heterocycles. The van der Waals surface area contributed by atoms with Crippen molar-refractivity contribution in [3.05, 3.63) is 45.0 Å². The van der Waals surface area contributed by atoms with E-state index in [2.05, 4.69) is 4.98 Å². The van der Waals surface area contributed by atoms with Gasteiger partial charge in [-0.1, -0.05) is 34.8 Å². The zero-order chi connectivity index (χ0) is 12.6. The molecule has 0 spiro atoms. The molecule has 0 aliphatic heterocycles. The average molecular weight is 288 g/mol. The van der Waals surface area contributed by atoms with E-state index in [-0.39, 0.29) is 0 Å². The summed E-state index contributed by atoms with van der Waals surface area (Å²) in [7, 11) is 0. The van der Waals surface area contributed by atoms with Crippen LogP contribution in [-0.2, 0) is 0 Å². The number of aryl methyl sites for hydroxylation is 1. The normalized spacial score (nSPS) is 10.6. The molecule has 0 bridgehead atoms. The second-order valence-corrected chi connectivity index (χ2v) is 4.91. The molecule has 1 aromatic carbocycles. The highest BCUT2D eigenvalue weighted by molar-refractivity contribution is 6.44. The molecule has 0 radical (unpaired) electrons. The van der Waals surface area contributed by atoms with Crippen LogP contribution in [0.15, 0.2) is 24.4 Å². The van der Waals surface area contributed by atoms with Crippen LogP contribution in [-0.4, -0.2) is 4.98 Å². The second kappa shape index (κ2) is 4.73. The quantitative estimate of drug-likeness (QED) is 0.779. The van der Waals surface area contributed by atoms with Gasteiger partial charge in [-0.05, 0) is 30.7 Å². The van der Waals surface area contributed by atoms with Gasteiger partial charge in [0.1, 0.15) is 5.82 Å². The summed E-state index contributed by atoms with van der Waals surface area (Å²) in [5.41, 5.74) is 8.32. The zero-order valence-corrected chi connectivity index (χ0v) is 11.2. The van der Waals surface area contributed by atoms with E-state index in [0.717, 1.165) is 16.7 Å². The van der Waals surface area contributed by atoms with E-state index < -0.39 is 0 Å². The summed E-state index contributed by atoms with van der Waals surface area (Å²) in [6.45, 7) is 1.93. The number of benzene rings is 1. The van der Waals surface area contributed by atoms with Crippen molar-refractivity contribution in [2.24, 2.45) is 0 Å². The fraction of sp³-hybridized carbons (Fsp3) is 0.0833. The van der Waals surface area contributed by atoms with Gasteiger partial charge in [0, 0.05) is 17.3 Å². The Hall–Kier alpha value is -0.960. The van der Waals surface area contributed by atoms with Crippen molar-refractivity contribution in [1.82, 2.24) is 4.98 Å². The molecule has 2 nitrogen and oxygen atoms in total. The minimum Gasteiger partial charge on any atom is -0.383 e. The standard InChI is InChI=1S/C12H9Cl3N2/c1-6-2-8(12(16)17-5-6)7-3-10(14)11(15)4-9(7)13/h2-5H,1H3,(H2,16,17). The molecule has 5 heteroatoms. The van der Waals surface area contributed by atoms with Crippen molar-refractivity contribution in [3.63, 3.8) is 0 Å². The maximum absolute atomic E-state index is 6.13. The molecule has 17 heavy (non-hydrogen) atoms. The van der Waals surface area contributed by atoms with Gasteiger partial charge in [0.15, 0.2) is 0 Å². The summed E-state index contributed by atoms with van der Waals surface area (Å²) in [6, 6.07) is 5.20. The lowest BCUT2D eigenvalue weighted by Gasteiger charge is -2.09. The molecule has 0 unspecified atom stereocenters. The van der Waals surface area contributed by atoms with Crippen molar-refractivity contribution >= 4 is 40.6 Å². The van der Waals surface area contributed by atoms with Gasteiger partial charge >= 0.3 is 0 Å². The highest BCUT2D eigenvalue weighted by Crippen LogP contribution is 2.37. The van der Waals surface area contributed by atoms with Crippen LogP contribution in [0.4, 0.5) is 5.82 Å². The number of rotatable bonds is 1. The van der Waals surface area contributed by atoms with Crippen LogP contribution in [0.25, 0.3) is 11.1 Å². The van der Waals surface area contributed by atoms with E-state index in [4.69, 9.17) is 40.5 Å². The third kappa shape index (κ3) is 2.49. The lowest BCUT2D eigenvalue weighted by molar-refractivity contribution is 1.28. The van der Waals surface area contributed by atoms with E-state index >= 15 is 0 Å². The molecule has 0 atom stereocenters. The number of hydrogen-bond acceptors (Lipinski definition) is 2. The van der Waals surface area contributed by atoms with Crippen LogP contribution < -0.4 is 5.73 Å². The van der Waals surface area contributed by atoms with Gasteiger partial charge in [-0.3, -0.25) is 0 Å². The molecular weight excluding hydrogens is 279 g/mol. The smallest absolute Gasteiger partial charge is 0.131 e. The summed E-state index contributed by atoms with van der Waals surface area (Å²) < 4.78 is 0. The summed E-state index contributed by atoms with van der Waals surface area (Å²) in [6.07, 6.45) is 1.70. The van der Waals surface area contributed by atoms with Crippen LogP contribution in [0, 0.1) is 6.92 Å². The Morgan fingerprint density at radius 3 is 2.29 bits per heavy atom. The zero-order valence-electron chi connectivity index (χ0n) is 8.97. The molecule has 0 saturated heterocycles. The van der Waals surface area contributed by atoms with Crippen LogP contribution in [0.3, 0.4) is 0 Å². The molecule has 0 aliphatic carbocycles. The molecule has 1 heterocycles. The number of nitrogen functional groups attached to an aromatic ring is 1. The molecule has 2 N–H and O–H groups in total. The first kappa shape index (κ1) is 12.5. The largest absolute Gasteiger partial charge is 0.383 e. The van der Waals surface area contributed by atoms with Gasteiger partial charge < -0.3 is 5.73 Å². The van der Waals surface area contributed by atoms with E-state index in [0.29, 0.717) is 20.9 Å². The maximum Gasteiger partial charge on any atom is 0.131 e. The van der Waals surface area contributed by atoms with Crippen molar-refractivity contribution < 1.29 is 0 Å². The number of nitrogens with zero attached hydrogens (tertiary/aromatic N) is 1. The Kier molecular flexibility index (Phi) is 3.48. The highest BCUT2D eigenvalue weighted by atomic mass is 35.5. The van der Waals surface area contributed by atoms with E-state index in [1.165, 1.54) is 0 Å². The Morgan fingerprint density at radius 2 is 1.59 bits per heavy atom. The predicted octanol–water partition coefficient (Wildman–Crippen LogP) is 4.60. The fourth-order valence-corrected chi connectivity index (χ4v) is 2.17. The number of nitrogens with two attached hydrogens (primary N) is 1. The molecule has 0 aliphatic rings. The van der Waals surface area contributed by atoms with Crippen molar-refractivity contribution in [2.45, 2.75) is 6.92 Å². The Balaban J connectivity index is 2.68. The van der Waals surface area contributed by atoms with Gasteiger partial charge in [-0.15, -0.1) is 0 Å². The van der Waals surface area contributed by atoms with Crippen molar-refractivity contribution in [1.29, 1.82) is 0 Å². The maximum atomic E-state index is 6.13. The lowest BCUT2D eigenvalue weighted by atomic mass is 10.1. The van der Waals surface area contributed by atoms with Crippen LogP contribution in [0.1, 0.15) is 5.56 Å². The first-order chi connectivity index (χ1) is 7.99. The van der Waals surface area contributed by atoms with E-state index in [9.17, 15) is 0 Å². The molecule has 0 fully saturated rings. The highest BCUT2D eigenvalue weighted by Gasteiger charge is 2.11. The number of anilines is 1. The van der Waals surface area contributed by atoms with E-state index in [1.54, 1.807) is 18.3 Å². The number of aromatic nitrogens is 1. The predicted molar refractivity (Wildman–Crippen MR) is 73.9 cm³/mol. The first-order valence-electron chi connectivity index (χ1n) is 4.86. The summed E-state index contributed by atoms with van der Waals surface area (Å²) >= 11 is 18.0. The minimum atomic E-state index is 0.413. The SMILES string of the molecule is Cc1cnc(N)c(-c2cc(Cl)c(Cl)cc2Cl)c1. The lowest BCUT2D eigenvalue weighted by Crippen LogP contribution is -1.95. The van der Waals surface area contributed by atoms with E-state index in [1.807, 2.05) is 13.0 Å². The Labute approximate surface area is 114 Å². The molecular formula is C12H9Cl3N2. The monoisotopic (exact) mass is 286 g/mol. The van der Waals surface area contributed by atoms with Crippen molar-refractivity contribution in [3.8, 4) is 11.1 Å². The van der Waals surface area contributed by atoms with Gasteiger partial charge in [0.2, 0.25) is 0 Å². The van der Waals surface area contributed by atoms with Gasteiger partial charge in [0.05, 0.1) is 15.1 Å². The fourth-order valence-electron chi connectivity index (χ4n) is 1.52. The summed E-state index contributed by atoms with van der Waals surface area (Å²) in [4.78, 5) is 4.09. The number of pyridine rings is 1. The second-order valence-electron chi connectivity index (χ2n) is 3.69. The van der Waals surface area contributed by atoms with Crippen LogP contribution in [0.5, 0.6) is 0 Å².